The Morgan fingerprint density at radius 2 is 2.00 bits per heavy atom. The van der Waals surface area contributed by atoms with Gasteiger partial charge in [0.2, 0.25) is 0 Å². The molecular formula is C10H12O4S. The number of rotatable bonds is 3. The topological polar surface area (TPSA) is 71.4 Å². The van der Waals surface area contributed by atoms with Gasteiger partial charge in [0.25, 0.3) is 0 Å². The van der Waals surface area contributed by atoms with Gasteiger partial charge < -0.3 is 5.11 Å². The highest BCUT2D eigenvalue weighted by atomic mass is 32.2. The van der Waals surface area contributed by atoms with Crippen molar-refractivity contribution in [3.8, 4) is 0 Å². The van der Waals surface area contributed by atoms with E-state index in [1.165, 1.54) is 25.1 Å². The van der Waals surface area contributed by atoms with Gasteiger partial charge in [-0.2, -0.15) is 0 Å². The average Bonchev–Trinajstić information content (AvgIpc) is 2.15. The van der Waals surface area contributed by atoms with Crippen molar-refractivity contribution in [1.82, 2.24) is 0 Å². The largest absolute Gasteiger partial charge is 0.392 e. The molecule has 0 spiro atoms. The molecule has 1 aromatic rings. The first kappa shape index (κ1) is 11.9. The van der Waals surface area contributed by atoms with E-state index < -0.39 is 9.84 Å². The van der Waals surface area contributed by atoms with Crippen LogP contribution in [0.1, 0.15) is 22.8 Å². The summed E-state index contributed by atoms with van der Waals surface area (Å²) in [5, 5.41) is 8.96. The van der Waals surface area contributed by atoms with Crippen LogP contribution in [0.5, 0.6) is 0 Å². The minimum atomic E-state index is -3.41. The van der Waals surface area contributed by atoms with Crippen molar-refractivity contribution in [3.05, 3.63) is 29.3 Å². The summed E-state index contributed by atoms with van der Waals surface area (Å²) in [6.07, 6.45) is 1.05. The molecule has 0 saturated heterocycles. The SMILES string of the molecule is CC(=O)c1ccc(CO)c(S(C)(=O)=O)c1. The molecule has 5 heteroatoms. The lowest BCUT2D eigenvalue weighted by Crippen LogP contribution is -2.05. The number of hydrogen-bond donors (Lipinski definition) is 1. The van der Waals surface area contributed by atoms with Crippen molar-refractivity contribution in [2.75, 3.05) is 6.26 Å². The molecule has 4 nitrogen and oxygen atoms in total. The Bertz CT molecular complexity index is 488. The number of benzene rings is 1. The smallest absolute Gasteiger partial charge is 0.175 e. The first-order valence-electron chi connectivity index (χ1n) is 4.31. The Morgan fingerprint density at radius 1 is 1.40 bits per heavy atom. The summed E-state index contributed by atoms with van der Waals surface area (Å²) in [6.45, 7) is 1.00. The quantitative estimate of drug-likeness (QED) is 0.776. The standard InChI is InChI=1S/C10H12O4S/c1-7(12)8-3-4-9(6-11)10(5-8)15(2,13)14/h3-5,11H,6H2,1-2H3. The van der Waals surface area contributed by atoms with Crippen LogP contribution in [-0.2, 0) is 16.4 Å². The summed E-state index contributed by atoms with van der Waals surface area (Å²) in [5.41, 5.74) is 0.634. The number of carbonyl (C=O) groups excluding carboxylic acids is 1. The van der Waals surface area contributed by atoms with Crippen LogP contribution in [0.3, 0.4) is 0 Å². The van der Waals surface area contributed by atoms with Gasteiger partial charge in [-0.25, -0.2) is 8.42 Å². The molecule has 0 aromatic heterocycles. The van der Waals surface area contributed by atoms with Crippen LogP contribution in [-0.4, -0.2) is 25.6 Å². The van der Waals surface area contributed by atoms with Gasteiger partial charge in [-0.05, 0) is 18.6 Å². The molecule has 0 atom stereocenters. The van der Waals surface area contributed by atoms with E-state index in [1.807, 2.05) is 0 Å². The molecule has 1 rings (SSSR count). The maximum Gasteiger partial charge on any atom is 0.175 e. The number of sulfone groups is 1. The van der Waals surface area contributed by atoms with Crippen molar-refractivity contribution >= 4 is 15.6 Å². The zero-order chi connectivity index (χ0) is 11.6. The van der Waals surface area contributed by atoms with Gasteiger partial charge in [-0.15, -0.1) is 0 Å². The molecule has 0 aliphatic rings. The Hall–Kier alpha value is -1.20. The second kappa shape index (κ2) is 4.12. The molecule has 0 aliphatic heterocycles. The summed E-state index contributed by atoms with van der Waals surface area (Å²) >= 11 is 0. The van der Waals surface area contributed by atoms with E-state index in [4.69, 9.17) is 5.11 Å². The fraction of sp³-hybridized carbons (Fsp3) is 0.300. The van der Waals surface area contributed by atoms with E-state index >= 15 is 0 Å². The maximum absolute atomic E-state index is 11.4. The number of aliphatic hydroxyl groups excluding tert-OH is 1. The van der Waals surface area contributed by atoms with Gasteiger partial charge in [-0.3, -0.25) is 4.79 Å². The van der Waals surface area contributed by atoms with Crippen molar-refractivity contribution in [1.29, 1.82) is 0 Å². The van der Waals surface area contributed by atoms with Gasteiger partial charge in [-0.1, -0.05) is 12.1 Å². The number of aliphatic hydroxyl groups is 1. The molecule has 15 heavy (non-hydrogen) atoms. The zero-order valence-electron chi connectivity index (χ0n) is 8.52. The van der Waals surface area contributed by atoms with Crippen molar-refractivity contribution in [2.45, 2.75) is 18.4 Å². The Morgan fingerprint density at radius 3 is 2.40 bits per heavy atom. The van der Waals surface area contributed by atoms with Crippen LogP contribution < -0.4 is 0 Å². The third-order valence-corrected chi connectivity index (χ3v) is 3.22. The number of Topliss-reactive ketones (excluding diaryl/α,β-unsaturated/α-hetero) is 1. The molecule has 1 aromatic carbocycles. The van der Waals surface area contributed by atoms with E-state index in [1.54, 1.807) is 0 Å². The van der Waals surface area contributed by atoms with Gasteiger partial charge in [0.05, 0.1) is 11.5 Å². The highest BCUT2D eigenvalue weighted by Crippen LogP contribution is 2.18. The molecule has 1 N–H and O–H groups in total. The summed E-state index contributed by atoms with van der Waals surface area (Å²) in [7, 11) is -3.41. The number of hydrogen-bond acceptors (Lipinski definition) is 4. The molecule has 0 aliphatic carbocycles. The predicted octanol–water partition coefficient (Wildman–Crippen LogP) is 0.785. The lowest BCUT2D eigenvalue weighted by molar-refractivity contribution is 0.101. The van der Waals surface area contributed by atoms with Crippen LogP contribution in [0.2, 0.25) is 0 Å². The molecule has 0 saturated carbocycles. The van der Waals surface area contributed by atoms with E-state index in [0.717, 1.165) is 6.26 Å². The third kappa shape index (κ3) is 2.64. The van der Waals surface area contributed by atoms with Gasteiger partial charge in [0, 0.05) is 11.8 Å². The normalized spacial score (nSPS) is 11.4. The molecule has 0 amide bonds. The highest BCUT2D eigenvalue weighted by Gasteiger charge is 2.14. The summed E-state index contributed by atoms with van der Waals surface area (Å²) < 4.78 is 22.7. The van der Waals surface area contributed by atoms with Crippen molar-refractivity contribution in [3.63, 3.8) is 0 Å². The van der Waals surface area contributed by atoms with Gasteiger partial charge in [0.15, 0.2) is 15.6 Å². The van der Waals surface area contributed by atoms with Crippen LogP contribution in [0.25, 0.3) is 0 Å². The van der Waals surface area contributed by atoms with Crippen molar-refractivity contribution < 1.29 is 18.3 Å². The predicted molar refractivity (Wildman–Crippen MR) is 55.5 cm³/mol. The molecule has 0 bridgehead atoms. The fourth-order valence-corrected chi connectivity index (χ4v) is 2.20. The molecular weight excluding hydrogens is 216 g/mol. The van der Waals surface area contributed by atoms with Crippen LogP contribution in [0.15, 0.2) is 23.1 Å². The van der Waals surface area contributed by atoms with Crippen LogP contribution in [0, 0.1) is 0 Å². The first-order chi connectivity index (χ1) is 6.86. The molecule has 0 unspecified atom stereocenters. The van der Waals surface area contributed by atoms with E-state index in [-0.39, 0.29) is 17.3 Å². The summed E-state index contributed by atoms with van der Waals surface area (Å²) in [5.74, 6) is -0.204. The Kier molecular flexibility index (Phi) is 3.26. The van der Waals surface area contributed by atoms with E-state index in [9.17, 15) is 13.2 Å². The highest BCUT2D eigenvalue weighted by molar-refractivity contribution is 7.90. The summed E-state index contributed by atoms with van der Waals surface area (Å²) in [6, 6.07) is 4.25. The first-order valence-corrected chi connectivity index (χ1v) is 6.20. The minimum Gasteiger partial charge on any atom is -0.392 e. The monoisotopic (exact) mass is 228 g/mol. The van der Waals surface area contributed by atoms with Crippen LogP contribution >= 0.6 is 0 Å². The second-order valence-corrected chi connectivity index (χ2v) is 5.29. The summed E-state index contributed by atoms with van der Waals surface area (Å²) in [4.78, 5) is 11.1. The van der Waals surface area contributed by atoms with Gasteiger partial charge in [0.1, 0.15) is 0 Å². The van der Waals surface area contributed by atoms with E-state index in [2.05, 4.69) is 0 Å². The fourth-order valence-electron chi connectivity index (χ4n) is 1.25. The molecule has 0 heterocycles. The van der Waals surface area contributed by atoms with E-state index in [0.29, 0.717) is 11.1 Å². The van der Waals surface area contributed by atoms with Gasteiger partial charge >= 0.3 is 0 Å². The molecule has 0 radical (unpaired) electrons. The molecule has 82 valence electrons. The number of carbonyl (C=O) groups is 1. The van der Waals surface area contributed by atoms with Crippen LogP contribution in [0.4, 0.5) is 0 Å². The Balaban J connectivity index is 3.46. The minimum absolute atomic E-state index is 0.0118. The van der Waals surface area contributed by atoms with Crippen molar-refractivity contribution in [2.24, 2.45) is 0 Å². The average molecular weight is 228 g/mol. The third-order valence-electron chi connectivity index (χ3n) is 2.04. The zero-order valence-corrected chi connectivity index (χ0v) is 9.34. The lowest BCUT2D eigenvalue weighted by atomic mass is 10.1. The second-order valence-electron chi connectivity index (χ2n) is 3.31. The number of ketones is 1. The maximum atomic E-state index is 11.4. The lowest BCUT2D eigenvalue weighted by Gasteiger charge is -2.06. The Labute approximate surface area is 88.5 Å². The molecule has 0 fully saturated rings.